The zero-order chi connectivity index (χ0) is 22.9. The van der Waals surface area contributed by atoms with Crippen LogP contribution in [0.25, 0.3) is 16.6 Å². The van der Waals surface area contributed by atoms with Gasteiger partial charge in [-0.3, -0.25) is 9.78 Å². The van der Waals surface area contributed by atoms with Gasteiger partial charge in [0.1, 0.15) is 16.7 Å². The number of H-pyrrole nitrogens is 1. The van der Waals surface area contributed by atoms with E-state index in [9.17, 15) is 18.0 Å². The minimum absolute atomic E-state index is 0.372. The van der Waals surface area contributed by atoms with Gasteiger partial charge >= 0.3 is 6.18 Å². The smallest absolute Gasteiger partial charge is 0.345 e. The molecule has 3 aromatic rings. The maximum Gasteiger partial charge on any atom is 0.433 e. The SMILES string of the molecule is CC1=CCC=C(c2cc(C(=O)N[C@H](C)c3ccc(C(F)(F)F)nc3)cc3n[nH]nc23)C=C1. The van der Waals surface area contributed by atoms with Crippen LogP contribution in [-0.2, 0) is 6.18 Å². The molecule has 6 nitrogen and oxygen atoms in total. The molecule has 0 radical (unpaired) electrons. The highest BCUT2D eigenvalue weighted by molar-refractivity contribution is 6.01. The molecule has 32 heavy (non-hydrogen) atoms. The van der Waals surface area contributed by atoms with Crippen molar-refractivity contribution in [3.63, 3.8) is 0 Å². The van der Waals surface area contributed by atoms with Gasteiger partial charge in [-0.2, -0.15) is 28.6 Å². The second-order valence-electron chi connectivity index (χ2n) is 7.56. The molecule has 0 bridgehead atoms. The van der Waals surface area contributed by atoms with E-state index in [0.29, 0.717) is 22.2 Å². The van der Waals surface area contributed by atoms with E-state index >= 15 is 0 Å². The number of benzene rings is 1. The number of amides is 1. The van der Waals surface area contributed by atoms with Crippen LogP contribution < -0.4 is 5.32 Å². The molecule has 1 atom stereocenters. The molecule has 2 N–H and O–H groups in total. The number of hydrogen-bond donors (Lipinski definition) is 2. The van der Waals surface area contributed by atoms with Crippen LogP contribution in [0.5, 0.6) is 0 Å². The molecule has 0 fully saturated rings. The molecule has 0 aliphatic heterocycles. The normalized spacial score (nSPS) is 15.2. The Hall–Kier alpha value is -3.75. The maximum atomic E-state index is 13.0. The van der Waals surface area contributed by atoms with E-state index < -0.39 is 17.9 Å². The number of aromatic nitrogens is 4. The Morgan fingerprint density at radius 2 is 1.97 bits per heavy atom. The fourth-order valence-corrected chi connectivity index (χ4v) is 3.42. The van der Waals surface area contributed by atoms with Gasteiger partial charge in [-0.25, -0.2) is 0 Å². The van der Waals surface area contributed by atoms with E-state index in [-0.39, 0.29) is 5.91 Å². The minimum atomic E-state index is -4.51. The first kappa shape index (κ1) is 21.5. The summed E-state index contributed by atoms with van der Waals surface area (Å²) in [6, 6.07) is 5.04. The van der Waals surface area contributed by atoms with Crippen molar-refractivity contribution in [1.82, 2.24) is 25.7 Å². The molecule has 9 heteroatoms. The average molecular weight is 439 g/mol. The van der Waals surface area contributed by atoms with Gasteiger partial charge in [0.05, 0.1) is 6.04 Å². The third-order valence-corrected chi connectivity index (χ3v) is 5.22. The second kappa shape index (κ2) is 8.41. The van der Waals surface area contributed by atoms with E-state index in [1.54, 1.807) is 19.1 Å². The van der Waals surface area contributed by atoms with Gasteiger partial charge in [0.2, 0.25) is 0 Å². The third kappa shape index (κ3) is 4.46. The van der Waals surface area contributed by atoms with Gasteiger partial charge < -0.3 is 5.32 Å². The van der Waals surface area contributed by atoms with Gasteiger partial charge in [-0.05, 0) is 49.6 Å². The number of carbonyl (C=O) groups is 1. The molecule has 164 valence electrons. The summed E-state index contributed by atoms with van der Waals surface area (Å²) in [5.41, 5.74) is 3.88. The van der Waals surface area contributed by atoms with Crippen molar-refractivity contribution in [3.8, 4) is 0 Å². The van der Waals surface area contributed by atoms with E-state index in [2.05, 4.69) is 37.9 Å². The highest BCUT2D eigenvalue weighted by atomic mass is 19.4. The molecule has 0 saturated heterocycles. The molecular weight excluding hydrogens is 419 g/mol. The van der Waals surface area contributed by atoms with E-state index in [0.717, 1.165) is 35.4 Å². The monoisotopic (exact) mass is 439 g/mol. The van der Waals surface area contributed by atoms with E-state index in [4.69, 9.17) is 0 Å². The fraction of sp³-hybridized carbons (Fsp3) is 0.217. The quantitative estimate of drug-likeness (QED) is 0.589. The van der Waals surface area contributed by atoms with Crippen molar-refractivity contribution in [1.29, 1.82) is 0 Å². The zero-order valence-corrected chi connectivity index (χ0v) is 17.4. The summed E-state index contributed by atoms with van der Waals surface area (Å²) < 4.78 is 38.2. The standard InChI is InChI=1S/C23H20F3N5O/c1-13-4-3-5-15(7-6-13)18-10-17(11-19-21(18)30-31-29-19)22(32)28-14(2)16-8-9-20(27-12-16)23(24,25)26/h4-12,14H,3H2,1-2H3,(H,28,32)(H,29,30,31)/t14-/m1/s1. The Labute approximate surface area is 181 Å². The third-order valence-electron chi connectivity index (χ3n) is 5.22. The topological polar surface area (TPSA) is 83.6 Å². The van der Waals surface area contributed by atoms with Crippen LogP contribution >= 0.6 is 0 Å². The molecule has 2 aromatic heterocycles. The molecule has 1 aromatic carbocycles. The van der Waals surface area contributed by atoms with E-state index in [1.807, 2.05) is 19.1 Å². The van der Waals surface area contributed by atoms with Crippen LogP contribution in [0.15, 0.2) is 60.3 Å². The van der Waals surface area contributed by atoms with Crippen molar-refractivity contribution in [3.05, 3.63) is 82.7 Å². The summed E-state index contributed by atoms with van der Waals surface area (Å²) in [6.07, 6.45) is 5.48. The van der Waals surface area contributed by atoms with Gasteiger partial charge in [0.25, 0.3) is 5.91 Å². The number of pyridine rings is 1. The van der Waals surface area contributed by atoms with Gasteiger partial charge in [0.15, 0.2) is 0 Å². The van der Waals surface area contributed by atoms with Crippen molar-refractivity contribution >= 4 is 22.5 Å². The molecule has 0 spiro atoms. The summed E-state index contributed by atoms with van der Waals surface area (Å²) >= 11 is 0. The summed E-state index contributed by atoms with van der Waals surface area (Å²) in [5, 5.41) is 13.8. The van der Waals surface area contributed by atoms with Gasteiger partial charge in [0, 0.05) is 17.3 Å². The Bertz CT molecular complexity index is 1250. The number of hydrogen-bond acceptors (Lipinski definition) is 4. The lowest BCUT2D eigenvalue weighted by Gasteiger charge is -2.15. The number of rotatable bonds is 4. The average Bonchev–Trinajstić information content (AvgIpc) is 3.13. The van der Waals surface area contributed by atoms with Crippen molar-refractivity contribution in [2.45, 2.75) is 32.5 Å². The number of carbonyl (C=O) groups excluding carboxylic acids is 1. The molecule has 0 unspecified atom stereocenters. The van der Waals surface area contributed by atoms with Crippen molar-refractivity contribution < 1.29 is 18.0 Å². The summed E-state index contributed by atoms with van der Waals surface area (Å²) in [7, 11) is 0. The molecule has 2 heterocycles. The number of nitrogens with zero attached hydrogens (tertiary/aromatic N) is 3. The largest absolute Gasteiger partial charge is 0.433 e. The van der Waals surface area contributed by atoms with Crippen LogP contribution in [0.1, 0.15) is 53.5 Å². The minimum Gasteiger partial charge on any atom is -0.345 e. The Morgan fingerprint density at radius 1 is 1.16 bits per heavy atom. The molecular formula is C23H20F3N5O. The fourth-order valence-electron chi connectivity index (χ4n) is 3.42. The number of nitrogens with one attached hydrogen (secondary N) is 2. The van der Waals surface area contributed by atoms with Gasteiger partial charge in [-0.1, -0.05) is 35.9 Å². The highest BCUT2D eigenvalue weighted by Gasteiger charge is 2.32. The Kier molecular flexibility index (Phi) is 5.65. The number of alkyl halides is 3. The summed E-state index contributed by atoms with van der Waals surface area (Å²) in [5.74, 6) is -0.379. The zero-order valence-electron chi connectivity index (χ0n) is 17.4. The van der Waals surface area contributed by atoms with Crippen LogP contribution in [-0.4, -0.2) is 26.3 Å². The van der Waals surface area contributed by atoms with Crippen LogP contribution in [0, 0.1) is 0 Å². The Balaban J connectivity index is 1.60. The molecule has 1 aliphatic carbocycles. The number of halogens is 3. The Morgan fingerprint density at radius 3 is 2.69 bits per heavy atom. The first-order chi connectivity index (χ1) is 15.2. The summed E-state index contributed by atoms with van der Waals surface area (Å²) in [4.78, 5) is 16.4. The van der Waals surface area contributed by atoms with Gasteiger partial charge in [-0.15, -0.1) is 0 Å². The first-order valence-corrected chi connectivity index (χ1v) is 9.96. The summed E-state index contributed by atoms with van der Waals surface area (Å²) in [6.45, 7) is 3.70. The van der Waals surface area contributed by atoms with Crippen molar-refractivity contribution in [2.24, 2.45) is 0 Å². The lowest BCUT2D eigenvalue weighted by molar-refractivity contribution is -0.141. The maximum absolute atomic E-state index is 13.0. The number of allylic oxidation sites excluding steroid dienone is 6. The molecule has 0 saturated carbocycles. The van der Waals surface area contributed by atoms with Crippen LogP contribution in [0.2, 0.25) is 0 Å². The van der Waals surface area contributed by atoms with Crippen molar-refractivity contribution in [2.75, 3.05) is 0 Å². The first-order valence-electron chi connectivity index (χ1n) is 9.96. The number of aromatic amines is 1. The second-order valence-corrected chi connectivity index (χ2v) is 7.56. The predicted molar refractivity (Wildman–Crippen MR) is 114 cm³/mol. The lowest BCUT2D eigenvalue weighted by atomic mass is 9.99. The van der Waals surface area contributed by atoms with E-state index in [1.165, 1.54) is 6.07 Å². The van der Waals surface area contributed by atoms with Crippen LogP contribution in [0.3, 0.4) is 0 Å². The highest BCUT2D eigenvalue weighted by Crippen LogP contribution is 2.29. The lowest BCUT2D eigenvalue weighted by Crippen LogP contribution is -2.27. The number of fused-ring (bicyclic) bond motifs is 1. The molecule has 1 aliphatic rings. The van der Waals surface area contributed by atoms with Crippen LogP contribution in [0.4, 0.5) is 13.2 Å². The molecule has 1 amide bonds. The predicted octanol–water partition coefficient (Wildman–Crippen LogP) is 5.15. The molecule has 4 rings (SSSR count).